The topological polar surface area (TPSA) is 82.3 Å². The largest absolute Gasteiger partial charge is 0.331 e. The van der Waals surface area contributed by atoms with E-state index in [1.807, 2.05) is 24.3 Å². The van der Waals surface area contributed by atoms with Crippen LogP contribution in [-0.2, 0) is 9.59 Å². The summed E-state index contributed by atoms with van der Waals surface area (Å²) in [4.78, 5) is 25.1. The maximum Gasteiger partial charge on any atom is 0.240 e. The molecule has 0 saturated carbocycles. The average Bonchev–Trinajstić information content (AvgIpc) is 2.62. The van der Waals surface area contributed by atoms with E-state index < -0.39 is 5.25 Å². The standard InChI is InChI=1S/C17H15FN4O2S2/c18-10-5-7-11(8-6-10)19-17(25)22-21-15(23)9-14-16(24)20-12-3-1-2-4-13(12)26-14/h1-8,14H,9H2,(H,20,24)(H,21,23)(H2,19,22,25)/t14-/m1/s1. The van der Waals surface area contributed by atoms with Gasteiger partial charge in [-0.3, -0.25) is 20.4 Å². The van der Waals surface area contributed by atoms with Crippen molar-refractivity contribution >= 4 is 52.3 Å². The van der Waals surface area contributed by atoms with Gasteiger partial charge in [0.1, 0.15) is 5.82 Å². The van der Waals surface area contributed by atoms with Crippen molar-refractivity contribution in [1.82, 2.24) is 10.9 Å². The third-order valence-electron chi connectivity index (χ3n) is 3.49. The summed E-state index contributed by atoms with van der Waals surface area (Å²) in [5, 5.41) is 5.22. The highest BCUT2D eigenvalue weighted by atomic mass is 32.2. The number of halogens is 1. The van der Waals surface area contributed by atoms with Crippen LogP contribution in [0.3, 0.4) is 0 Å². The van der Waals surface area contributed by atoms with Gasteiger partial charge in [-0.15, -0.1) is 11.8 Å². The molecule has 6 nitrogen and oxygen atoms in total. The van der Waals surface area contributed by atoms with Crippen molar-refractivity contribution in [2.75, 3.05) is 10.6 Å². The maximum absolute atomic E-state index is 12.9. The molecule has 26 heavy (non-hydrogen) atoms. The van der Waals surface area contributed by atoms with Gasteiger partial charge in [0.2, 0.25) is 11.8 Å². The molecule has 1 heterocycles. The van der Waals surface area contributed by atoms with Crippen LogP contribution in [0, 0.1) is 5.82 Å². The lowest BCUT2D eigenvalue weighted by Gasteiger charge is -2.23. The summed E-state index contributed by atoms with van der Waals surface area (Å²) < 4.78 is 12.9. The number of amides is 2. The van der Waals surface area contributed by atoms with E-state index in [9.17, 15) is 14.0 Å². The number of hydrogen-bond acceptors (Lipinski definition) is 4. The van der Waals surface area contributed by atoms with Gasteiger partial charge in [-0.25, -0.2) is 4.39 Å². The molecule has 9 heteroatoms. The van der Waals surface area contributed by atoms with Gasteiger partial charge in [-0.05, 0) is 48.6 Å². The van der Waals surface area contributed by atoms with Gasteiger partial charge >= 0.3 is 0 Å². The first-order valence-corrected chi connectivity index (χ1v) is 8.98. The first-order chi connectivity index (χ1) is 12.5. The predicted octanol–water partition coefficient (Wildman–Crippen LogP) is 2.65. The Labute approximate surface area is 158 Å². The van der Waals surface area contributed by atoms with E-state index in [2.05, 4.69) is 21.5 Å². The van der Waals surface area contributed by atoms with Crippen molar-refractivity contribution in [3.63, 3.8) is 0 Å². The quantitative estimate of drug-likeness (QED) is 0.477. The van der Waals surface area contributed by atoms with Crippen LogP contribution >= 0.6 is 24.0 Å². The summed E-state index contributed by atoms with van der Waals surface area (Å²) in [6.07, 6.45) is -0.00298. The van der Waals surface area contributed by atoms with Crippen molar-refractivity contribution in [2.24, 2.45) is 0 Å². The van der Waals surface area contributed by atoms with E-state index in [1.165, 1.54) is 36.0 Å². The third-order valence-corrected chi connectivity index (χ3v) is 4.97. The van der Waals surface area contributed by atoms with E-state index >= 15 is 0 Å². The first kappa shape index (κ1) is 18.2. The normalized spacial score (nSPS) is 15.4. The monoisotopic (exact) mass is 390 g/mol. The number of carbonyl (C=O) groups is 2. The molecule has 1 aliphatic rings. The molecule has 1 aliphatic heterocycles. The average molecular weight is 390 g/mol. The van der Waals surface area contributed by atoms with Gasteiger partial charge < -0.3 is 10.6 Å². The Morgan fingerprint density at radius 3 is 2.65 bits per heavy atom. The van der Waals surface area contributed by atoms with Crippen molar-refractivity contribution in [3.05, 3.63) is 54.3 Å². The molecule has 2 aromatic carbocycles. The number of anilines is 2. The van der Waals surface area contributed by atoms with Crippen molar-refractivity contribution in [1.29, 1.82) is 0 Å². The summed E-state index contributed by atoms with van der Waals surface area (Å²) in [5.41, 5.74) is 6.33. The molecule has 134 valence electrons. The van der Waals surface area contributed by atoms with Crippen LogP contribution < -0.4 is 21.5 Å². The summed E-state index contributed by atoms with van der Waals surface area (Å²) in [6, 6.07) is 13.0. The minimum absolute atomic E-state index is 0.00298. The molecule has 0 radical (unpaired) electrons. The fourth-order valence-corrected chi connectivity index (χ4v) is 3.55. The first-order valence-electron chi connectivity index (χ1n) is 7.69. The van der Waals surface area contributed by atoms with Gasteiger partial charge in [0.25, 0.3) is 0 Å². The Balaban J connectivity index is 1.47. The lowest BCUT2D eigenvalue weighted by atomic mass is 10.2. The second kappa shape index (κ2) is 8.15. The van der Waals surface area contributed by atoms with Crippen molar-refractivity contribution in [2.45, 2.75) is 16.6 Å². The number of thiocarbonyl (C=S) groups is 1. The Morgan fingerprint density at radius 1 is 1.15 bits per heavy atom. The van der Waals surface area contributed by atoms with Gasteiger partial charge in [0.15, 0.2) is 5.11 Å². The highest BCUT2D eigenvalue weighted by Crippen LogP contribution is 2.36. The fourth-order valence-electron chi connectivity index (χ4n) is 2.27. The van der Waals surface area contributed by atoms with Crippen LogP contribution in [0.1, 0.15) is 6.42 Å². The zero-order chi connectivity index (χ0) is 18.5. The minimum Gasteiger partial charge on any atom is -0.331 e. The molecule has 4 N–H and O–H groups in total. The number of hydrazine groups is 1. The second-order valence-corrected chi connectivity index (χ2v) is 7.08. The van der Waals surface area contributed by atoms with E-state index in [4.69, 9.17) is 12.2 Å². The van der Waals surface area contributed by atoms with Crippen LogP contribution in [0.2, 0.25) is 0 Å². The van der Waals surface area contributed by atoms with Crippen molar-refractivity contribution < 1.29 is 14.0 Å². The van der Waals surface area contributed by atoms with Gasteiger partial charge in [-0.2, -0.15) is 0 Å². The Kier molecular flexibility index (Phi) is 5.69. The molecule has 3 rings (SSSR count). The summed E-state index contributed by atoms with van der Waals surface area (Å²) in [5.74, 6) is -0.941. The third kappa shape index (κ3) is 4.70. The molecule has 0 aliphatic carbocycles. The number of thioether (sulfide) groups is 1. The highest BCUT2D eigenvalue weighted by Gasteiger charge is 2.28. The van der Waals surface area contributed by atoms with Crippen LogP contribution in [0.15, 0.2) is 53.4 Å². The number of para-hydroxylation sites is 1. The lowest BCUT2D eigenvalue weighted by Crippen LogP contribution is -2.45. The molecule has 1 atom stereocenters. The van der Waals surface area contributed by atoms with E-state index in [0.29, 0.717) is 5.69 Å². The van der Waals surface area contributed by atoms with Crippen LogP contribution in [0.25, 0.3) is 0 Å². The SMILES string of the molecule is O=C(C[C@H]1Sc2ccccc2NC1=O)NNC(=S)Nc1ccc(F)cc1. The number of fused-ring (bicyclic) bond motifs is 1. The minimum atomic E-state index is -0.523. The molecule has 2 aromatic rings. The molecule has 0 bridgehead atoms. The van der Waals surface area contributed by atoms with E-state index in [-0.39, 0.29) is 29.2 Å². The van der Waals surface area contributed by atoms with Crippen LogP contribution in [0.5, 0.6) is 0 Å². The molecular formula is C17H15FN4O2S2. The number of carbonyl (C=O) groups excluding carboxylic acids is 2. The number of nitrogens with one attached hydrogen (secondary N) is 4. The van der Waals surface area contributed by atoms with Crippen LogP contribution in [0.4, 0.5) is 15.8 Å². The summed E-state index contributed by atoms with van der Waals surface area (Å²) >= 11 is 6.40. The summed E-state index contributed by atoms with van der Waals surface area (Å²) in [6.45, 7) is 0. The maximum atomic E-state index is 12.9. The molecule has 0 spiro atoms. The Morgan fingerprint density at radius 2 is 1.88 bits per heavy atom. The molecule has 0 fully saturated rings. The van der Waals surface area contributed by atoms with Gasteiger partial charge in [-0.1, -0.05) is 12.1 Å². The van der Waals surface area contributed by atoms with E-state index in [1.54, 1.807) is 0 Å². The highest BCUT2D eigenvalue weighted by molar-refractivity contribution is 8.01. The molecule has 2 amide bonds. The Bertz CT molecular complexity index is 845. The van der Waals surface area contributed by atoms with Gasteiger partial charge in [0, 0.05) is 17.0 Å². The lowest BCUT2D eigenvalue weighted by molar-refractivity contribution is -0.124. The smallest absolute Gasteiger partial charge is 0.240 e. The molecule has 0 unspecified atom stereocenters. The Hall–Kier alpha value is -2.65. The van der Waals surface area contributed by atoms with Crippen LogP contribution in [-0.4, -0.2) is 22.2 Å². The van der Waals surface area contributed by atoms with Gasteiger partial charge in [0.05, 0.1) is 10.9 Å². The zero-order valence-corrected chi connectivity index (χ0v) is 15.0. The number of rotatable bonds is 3. The molecule has 0 saturated heterocycles. The van der Waals surface area contributed by atoms with Crippen molar-refractivity contribution in [3.8, 4) is 0 Å². The molecule has 0 aromatic heterocycles. The number of benzene rings is 2. The predicted molar refractivity (Wildman–Crippen MR) is 103 cm³/mol. The van der Waals surface area contributed by atoms with E-state index in [0.717, 1.165) is 10.6 Å². The second-order valence-electron chi connectivity index (χ2n) is 5.43. The summed E-state index contributed by atoms with van der Waals surface area (Å²) in [7, 11) is 0. The fraction of sp³-hybridized carbons (Fsp3) is 0.118. The number of hydrogen-bond donors (Lipinski definition) is 4. The molecular weight excluding hydrogens is 375 g/mol. The zero-order valence-electron chi connectivity index (χ0n) is 13.4.